The van der Waals surface area contributed by atoms with Gasteiger partial charge in [0.15, 0.2) is 0 Å². The molecule has 0 saturated carbocycles. The number of aromatic nitrogens is 1. The maximum absolute atomic E-state index is 12.1. The molecule has 0 aliphatic carbocycles. The van der Waals surface area contributed by atoms with Crippen molar-refractivity contribution in [2.75, 3.05) is 18.2 Å². The van der Waals surface area contributed by atoms with Crippen molar-refractivity contribution < 1.29 is 9.53 Å². The lowest BCUT2D eigenvalue weighted by molar-refractivity contribution is 0.102. The number of rotatable bonds is 3. The number of pyridine rings is 1. The highest BCUT2D eigenvalue weighted by atomic mass is 16.5. The van der Waals surface area contributed by atoms with Crippen molar-refractivity contribution >= 4 is 17.4 Å². The molecule has 0 unspecified atom stereocenters. The Bertz CT molecular complexity index is 594. The minimum atomic E-state index is -0.276. The summed E-state index contributed by atoms with van der Waals surface area (Å²) in [5.74, 6) is 0.765. The number of amides is 1. The highest BCUT2D eigenvalue weighted by molar-refractivity contribution is 6.04. The Morgan fingerprint density at radius 2 is 2.11 bits per heavy atom. The van der Waals surface area contributed by atoms with Crippen LogP contribution in [0.15, 0.2) is 36.5 Å². The zero-order valence-corrected chi connectivity index (χ0v) is 10.8. The Morgan fingerprint density at radius 1 is 1.32 bits per heavy atom. The quantitative estimate of drug-likeness (QED) is 0.827. The van der Waals surface area contributed by atoms with Crippen LogP contribution in [0.3, 0.4) is 0 Å². The highest BCUT2D eigenvalue weighted by Crippen LogP contribution is 2.19. The van der Waals surface area contributed by atoms with Crippen LogP contribution in [0.25, 0.3) is 0 Å². The Kier molecular flexibility index (Phi) is 3.66. The van der Waals surface area contributed by atoms with Gasteiger partial charge < -0.3 is 15.8 Å². The number of methoxy groups -OCH3 is 1. The average molecular weight is 257 g/mol. The van der Waals surface area contributed by atoms with E-state index in [4.69, 9.17) is 10.5 Å². The van der Waals surface area contributed by atoms with Gasteiger partial charge in [0, 0.05) is 23.5 Å². The van der Waals surface area contributed by atoms with Crippen molar-refractivity contribution in [2.45, 2.75) is 6.92 Å². The van der Waals surface area contributed by atoms with Crippen LogP contribution in [0.4, 0.5) is 11.5 Å². The number of hydrogen-bond donors (Lipinski definition) is 2. The highest BCUT2D eigenvalue weighted by Gasteiger charge is 2.09. The van der Waals surface area contributed by atoms with Crippen molar-refractivity contribution in [1.29, 1.82) is 0 Å². The molecular weight excluding hydrogens is 242 g/mol. The van der Waals surface area contributed by atoms with Crippen LogP contribution in [0.5, 0.6) is 5.75 Å². The molecule has 2 rings (SSSR count). The lowest BCUT2D eigenvalue weighted by Gasteiger charge is -2.07. The monoisotopic (exact) mass is 257 g/mol. The van der Waals surface area contributed by atoms with E-state index in [-0.39, 0.29) is 5.91 Å². The third-order valence-electron chi connectivity index (χ3n) is 2.58. The molecule has 2 aromatic rings. The summed E-state index contributed by atoms with van der Waals surface area (Å²) >= 11 is 0. The second kappa shape index (κ2) is 5.39. The zero-order valence-electron chi connectivity index (χ0n) is 10.8. The number of anilines is 2. The van der Waals surface area contributed by atoms with Crippen LogP contribution in [-0.2, 0) is 0 Å². The van der Waals surface area contributed by atoms with Gasteiger partial charge in [-0.25, -0.2) is 4.98 Å². The van der Waals surface area contributed by atoms with Crippen LogP contribution >= 0.6 is 0 Å². The molecule has 0 atom stereocenters. The number of nitrogens with two attached hydrogens (primary N) is 1. The molecule has 5 heteroatoms. The maximum atomic E-state index is 12.1. The van der Waals surface area contributed by atoms with Gasteiger partial charge in [0.1, 0.15) is 11.6 Å². The van der Waals surface area contributed by atoms with Crippen LogP contribution in [-0.4, -0.2) is 18.0 Å². The van der Waals surface area contributed by atoms with E-state index in [0.717, 1.165) is 5.56 Å². The molecule has 1 aromatic carbocycles. The number of benzene rings is 1. The first-order chi connectivity index (χ1) is 9.08. The molecule has 0 spiro atoms. The van der Waals surface area contributed by atoms with E-state index in [1.54, 1.807) is 30.5 Å². The van der Waals surface area contributed by atoms with E-state index in [1.807, 2.05) is 13.0 Å². The second-order valence-electron chi connectivity index (χ2n) is 4.17. The fraction of sp³-hybridized carbons (Fsp3) is 0.143. The van der Waals surface area contributed by atoms with Crippen molar-refractivity contribution in [2.24, 2.45) is 0 Å². The SMILES string of the molecule is COc1cc(N)cc(C(=O)Nc2ccc(C)cn2)c1. The molecule has 3 N–H and O–H groups in total. The summed E-state index contributed by atoms with van der Waals surface area (Å²) < 4.78 is 5.08. The van der Waals surface area contributed by atoms with Gasteiger partial charge in [-0.1, -0.05) is 6.07 Å². The smallest absolute Gasteiger partial charge is 0.257 e. The molecule has 98 valence electrons. The number of carbonyl (C=O) groups excluding carboxylic acids is 1. The first-order valence-electron chi connectivity index (χ1n) is 5.77. The largest absolute Gasteiger partial charge is 0.497 e. The summed E-state index contributed by atoms with van der Waals surface area (Å²) in [5.41, 5.74) is 7.64. The van der Waals surface area contributed by atoms with E-state index in [2.05, 4.69) is 10.3 Å². The van der Waals surface area contributed by atoms with E-state index < -0.39 is 0 Å². The summed E-state index contributed by atoms with van der Waals surface area (Å²) in [6.07, 6.45) is 1.69. The summed E-state index contributed by atoms with van der Waals surface area (Å²) in [6, 6.07) is 8.49. The van der Waals surface area contributed by atoms with Crippen molar-refractivity contribution in [3.8, 4) is 5.75 Å². The predicted molar refractivity (Wildman–Crippen MR) is 74.3 cm³/mol. The number of hydrogen-bond acceptors (Lipinski definition) is 4. The molecular formula is C14H15N3O2. The molecule has 0 bridgehead atoms. The van der Waals surface area contributed by atoms with Gasteiger partial charge in [0.05, 0.1) is 7.11 Å². The maximum Gasteiger partial charge on any atom is 0.257 e. The molecule has 0 aliphatic heterocycles. The fourth-order valence-corrected chi connectivity index (χ4v) is 1.60. The number of aryl methyl sites for hydroxylation is 1. The molecule has 1 heterocycles. The summed E-state index contributed by atoms with van der Waals surface area (Å²) in [6.45, 7) is 1.93. The molecule has 1 aromatic heterocycles. The number of ether oxygens (including phenoxy) is 1. The number of nitrogens with zero attached hydrogens (tertiary/aromatic N) is 1. The normalized spacial score (nSPS) is 10.0. The lowest BCUT2D eigenvalue weighted by Crippen LogP contribution is -2.13. The second-order valence-corrected chi connectivity index (χ2v) is 4.17. The Hall–Kier alpha value is -2.56. The van der Waals surface area contributed by atoms with Crippen molar-refractivity contribution in [1.82, 2.24) is 4.98 Å². The first-order valence-corrected chi connectivity index (χ1v) is 5.77. The number of nitrogen functional groups attached to an aromatic ring is 1. The molecule has 0 aliphatic rings. The first kappa shape index (κ1) is 12.9. The van der Waals surface area contributed by atoms with E-state index in [0.29, 0.717) is 22.8 Å². The van der Waals surface area contributed by atoms with Gasteiger partial charge in [-0.05, 0) is 30.7 Å². The van der Waals surface area contributed by atoms with Gasteiger partial charge in [-0.2, -0.15) is 0 Å². The van der Waals surface area contributed by atoms with Crippen molar-refractivity contribution in [3.63, 3.8) is 0 Å². The van der Waals surface area contributed by atoms with Crippen molar-refractivity contribution in [3.05, 3.63) is 47.7 Å². The fourth-order valence-electron chi connectivity index (χ4n) is 1.60. The summed E-state index contributed by atoms with van der Waals surface area (Å²) in [5, 5.41) is 2.70. The minimum absolute atomic E-state index is 0.276. The van der Waals surface area contributed by atoms with Gasteiger partial charge >= 0.3 is 0 Å². The Morgan fingerprint density at radius 3 is 2.74 bits per heavy atom. The summed E-state index contributed by atoms with van der Waals surface area (Å²) in [4.78, 5) is 16.2. The molecule has 19 heavy (non-hydrogen) atoms. The molecule has 0 saturated heterocycles. The van der Waals surface area contributed by atoms with Crippen LogP contribution in [0.1, 0.15) is 15.9 Å². The third-order valence-corrected chi connectivity index (χ3v) is 2.58. The Labute approximate surface area is 111 Å². The van der Waals surface area contributed by atoms with Gasteiger partial charge in [-0.3, -0.25) is 4.79 Å². The summed E-state index contributed by atoms with van der Waals surface area (Å²) in [7, 11) is 1.53. The molecule has 0 fully saturated rings. The third kappa shape index (κ3) is 3.22. The number of nitrogens with one attached hydrogen (secondary N) is 1. The predicted octanol–water partition coefficient (Wildman–Crippen LogP) is 2.23. The zero-order chi connectivity index (χ0) is 13.8. The molecule has 1 amide bonds. The minimum Gasteiger partial charge on any atom is -0.497 e. The van der Waals surface area contributed by atoms with Gasteiger partial charge in [0.25, 0.3) is 5.91 Å². The topological polar surface area (TPSA) is 77.2 Å². The Balaban J connectivity index is 2.20. The standard InChI is InChI=1S/C14H15N3O2/c1-9-3-4-13(16-8-9)17-14(18)10-5-11(15)7-12(6-10)19-2/h3-8H,15H2,1-2H3,(H,16,17,18). The van der Waals surface area contributed by atoms with E-state index >= 15 is 0 Å². The van der Waals surface area contributed by atoms with Crippen LogP contribution in [0, 0.1) is 6.92 Å². The van der Waals surface area contributed by atoms with Gasteiger partial charge in [-0.15, -0.1) is 0 Å². The molecule has 5 nitrogen and oxygen atoms in total. The lowest BCUT2D eigenvalue weighted by atomic mass is 10.1. The molecule has 0 radical (unpaired) electrons. The van der Waals surface area contributed by atoms with E-state index in [1.165, 1.54) is 7.11 Å². The van der Waals surface area contributed by atoms with Gasteiger partial charge in [0.2, 0.25) is 0 Å². The number of carbonyl (C=O) groups is 1. The average Bonchev–Trinajstić information content (AvgIpc) is 2.40. The van der Waals surface area contributed by atoms with Crippen LogP contribution in [0.2, 0.25) is 0 Å². The van der Waals surface area contributed by atoms with E-state index in [9.17, 15) is 4.79 Å². The van der Waals surface area contributed by atoms with Crippen LogP contribution < -0.4 is 15.8 Å².